The van der Waals surface area contributed by atoms with Crippen molar-refractivity contribution in [1.82, 2.24) is 20.1 Å². The van der Waals surface area contributed by atoms with Gasteiger partial charge in [-0.1, -0.05) is 6.42 Å². The summed E-state index contributed by atoms with van der Waals surface area (Å²) in [6, 6.07) is 5.69. The Balaban J connectivity index is 1.51. The summed E-state index contributed by atoms with van der Waals surface area (Å²) in [6.07, 6.45) is 6.90. The molecule has 28 heavy (non-hydrogen) atoms. The number of rotatable bonds is 4. The number of fused-ring (bicyclic) bond motifs is 3. The van der Waals surface area contributed by atoms with Crippen molar-refractivity contribution in [1.29, 1.82) is 0 Å². The number of carbonyl (C=O) groups is 1. The maximum absolute atomic E-state index is 13.3. The second-order valence-corrected chi connectivity index (χ2v) is 8.54. The number of hydrogen-bond acceptors (Lipinski definition) is 4. The second kappa shape index (κ2) is 6.47. The predicted molar refractivity (Wildman–Crippen MR) is 107 cm³/mol. The first-order chi connectivity index (χ1) is 13.5. The number of aryl methyl sites for hydroxylation is 2. The zero-order valence-corrected chi connectivity index (χ0v) is 16.6. The van der Waals surface area contributed by atoms with Gasteiger partial charge in [-0.05, 0) is 69.1 Å². The lowest BCUT2D eigenvalue weighted by Crippen LogP contribution is -2.40. The van der Waals surface area contributed by atoms with E-state index < -0.39 is 0 Å². The molecule has 0 radical (unpaired) electrons. The van der Waals surface area contributed by atoms with Gasteiger partial charge < -0.3 is 9.73 Å². The first-order valence-corrected chi connectivity index (χ1v) is 10.2. The van der Waals surface area contributed by atoms with E-state index in [2.05, 4.69) is 17.3 Å². The van der Waals surface area contributed by atoms with Gasteiger partial charge in [-0.3, -0.25) is 9.48 Å². The molecule has 3 heterocycles. The molecule has 0 spiro atoms. The molecule has 0 aromatic carbocycles. The number of amides is 1. The first-order valence-electron chi connectivity index (χ1n) is 10.2. The van der Waals surface area contributed by atoms with Gasteiger partial charge in [-0.25, -0.2) is 4.98 Å². The number of nitrogens with zero attached hydrogens (tertiary/aromatic N) is 3. The molecule has 146 valence electrons. The lowest BCUT2D eigenvalue weighted by molar-refractivity contribution is 0.0917. The van der Waals surface area contributed by atoms with Crippen LogP contribution in [0.4, 0.5) is 0 Å². The maximum Gasteiger partial charge on any atom is 0.252 e. The fourth-order valence-corrected chi connectivity index (χ4v) is 5.47. The van der Waals surface area contributed by atoms with Crippen LogP contribution in [0.1, 0.15) is 48.7 Å². The summed E-state index contributed by atoms with van der Waals surface area (Å²) in [5, 5.41) is 8.59. The van der Waals surface area contributed by atoms with Gasteiger partial charge in [0.05, 0.1) is 22.9 Å². The lowest BCUT2D eigenvalue weighted by Gasteiger charge is -2.28. The van der Waals surface area contributed by atoms with Gasteiger partial charge in [0.25, 0.3) is 5.91 Å². The van der Waals surface area contributed by atoms with Crippen molar-refractivity contribution in [3.05, 3.63) is 35.7 Å². The topological polar surface area (TPSA) is 73.0 Å². The van der Waals surface area contributed by atoms with Crippen molar-refractivity contribution < 1.29 is 9.21 Å². The molecule has 6 heteroatoms. The maximum atomic E-state index is 13.3. The van der Waals surface area contributed by atoms with Crippen LogP contribution in [0, 0.1) is 24.7 Å². The normalized spacial score (nSPS) is 24.8. The summed E-state index contributed by atoms with van der Waals surface area (Å²) >= 11 is 0. The van der Waals surface area contributed by atoms with Crippen molar-refractivity contribution >= 4 is 16.9 Å². The number of carbonyl (C=O) groups excluding carboxylic acids is 1. The zero-order valence-electron chi connectivity index (χ0n) is 16.6. The van der Waals surface area contributed by atoms with Crippen molar-refractivity contribution in [2.75, 3.05) is 0 Å². The molecular weight excluding hydrogens is 352 g/mol. The summed E-state index contributed by atoms with van der Waals surface area (Å²) in [7, 11) is 1.85. The van der Waals surface area contributed by atoms with Crippen LogP contribution < -0.4 is 5.32 Å². The van der Waals surface area contributed by atoms with Crippen molar-refractivity contribution in [3.8, 4) is 11.5 Å². The fraction of sp³-hybridized carbons (Fsp3) is 0.500. The second-order valence-electron chi connectivity index (χ2n) is 8.54. The average molecular weight is 378 g/mol. The Bertz CT molecular complexity index is 1040. The number of hydrogen-bond donors (Lipinski definition) is 1. The summed E-state index contributed by atoms with van der Waals surface area (Å²) in [4.78, 5) is 18.0. The molecule has 0 aliphatic heterocycles. The summed E-state index contributed by atoms with van der Waals surface area (Å²) in [6.45, 7) is 4.08. The minimum Gasteiger partial charge on any atom is -0.463 e. The SMILES string of the molecule is Cc1nn(C)c2nc(-c3ccco3)cc(C(=O)NC(C)C3CC4CCC3C4)c12. The van der Waals surface area contributed by atoms with Crippen LogP contribution in [0.25, 0.3) is 22.5 Å². The molecule has 6 nitrogen and oxygen atoms in total. The molecular formula is C22H26N4O2. The van der Waals surface area contributed by atoms with Gasteiger partial charge in [-0.15, -0.1) is 0 Å². The average Bonchev–Trinajstić information content (AvgIpc) is 3.46. The van der Waals surface area contributed by atoms with E-state index in [1.165, 1.54) is 25.7 Å². The van der Waals surface area contributed by atoms with E-state index in [1.807, 2.05) is 32.2 Å². The van der Waals surface area contributed by atoms with E-state index in [4.69, 9.17) is 9.40 Å². The molecule has 0 saturated heterocycles. The molecule has 5 rings (SSSR count). The molecule has 4 atom stereocenters. The quantitative estimate of drug-likeness (QED) is 0.742. The van der Waals surface area contributed by atoms with E-state index in [0.29, 0.717) is 28.6 Å². The van der Waals surface area contributed by atoms with Crippen LogP contribution in [-0.4, -0.2) is 26.7 Å². The number of aromatic nitrogens is 3. The van der Waals surface area contributed by atoms with Crippen LogP contribution in [0.5, 0.6) is 0 Å². The first kappa shape index (κ1) is 17.5. The van der Waals surface area contributed by atoms with Gasteiger partial charge in [0.2, 0.25) is 0 Å². The molecule has 2 bridgehead atoms. The Morgan fingerprint density at radius 1 is 1.36 bits per heavy atom. The van der Waals surface area contributed by atoms with E-state index in [1.54, 1.807) is 10.9 Å². The third-order valence-corrected chi connectivity index (χ3v) is 6.78. The smallest absolute Gasteiger partial charge is 0.252 e. The van der Waals surface area contributed by atoms with Gasteiger partial charge in [0, 0.05) is 13.1 Å². The van der Waals surface area contributed by atoms with Crippen LogP contribution in [0.3, 0.4) is 0 Å². The molecule has 2 aliphatic rings. The third kappa shape index (κ3) is 2.74. The van der Waals surface area contributed by atoms with Crippen LogP contribution in [0.2, 0.25) is 0 Å². The molecule has 2 saturated carbocycles. The Kier molecular flexibility index (Phi) is 4.03. The van der Waals surface area contributed by atoms with Crippen molar-refractivity contribution in [2.24, 2.45) is 24.8 Å². The predicted octanol–water partition coefficient (Wildman–Crippen LogP) is 4.09. The van der Waals surface area contributed by atoms with Crippen molar-refractivity contribution in [3.63, 3.8) is 0 Å². The van der Waals surface area contributed by atoms with E-state index in [9.17, 15) is 4.79 Å². The Morgan fingerprint density at radius 3 is 2.89 bits per heavy atom. The van der Waals surface area contributed by atoms with Crippen LogP contribution in [0.15, 0.2) is 28.9 Å². The van der Waals surface area contributed by atoms with E-state index >= 15 is 0 Å². The minimum absolute atomic E-state index is 0.0495. The van der Waals surface area contributed by atoms with Crippen molar-refractivity contribution in [2.45, 2.75) is 45.6 Å². The standard InChI is InChI=1S/C22H26N4O2/c1-12(16-10-14-6-7-15(16)9-14)23-22(27)17-11-18(19-5-4-8-28-19)24-21-20(17)13(2)25-26(21)3/h4-5,8,11-12,14-16H,6-7,9-10H2,1-3H3,(H,23,27). The number of pyridine rings is 1. The van der Waals surface area contributed by atoms with Gasteiger partial charge >= 0.3 is 0 Å². The number of furan rings is 1. The highest BCUT2D eigenvalue weighted by molar-refractivity contribution is 6.07. The Hall–Kier alpha value is -2.63. The van der Waals surface area contributed by atoms with Gasteiger partial charge in [0.15, 0.2) is 11.4 Å². The highest BCUT2D eigenvalue weighted by Gasteiger charge is 2.42. The fourth-order valence-electron chi connectivity index (χ4n) is 5.47. The molecule has 3 aromatic rings. The Labute approximate surface area is 164 Å². The van der Waals surface area contributed by atoms with E-state index in [-0.39, 0.29) is 11.9 Å². The summed E-state index contributed by atoms with van der Waals surface area (Å²) in [5.74, 6) is 2.84. The highest BCUT2D eigenvalue weighted by atomic mass is 16.3. The molecule has 1 N–H and O–H groups in total. The Morgan fingerprint density at radius 2 is 2.21 bits per heavy atom. The molecule has 2 aliphatic carbocycles. The molecule has 1 amide bonds. The largest absolute Gasteiger partial charge is 0.463 e. The number of nitrogens with one attached hydrogen (secondary N) is 1. The summed E-state index contributed by atoms with van der Waals surface area (Å²) in [5.41, 5.74) is 2.79. The lowest BCUT2D eigenvalue weighted by atomic mass is 9.84. The van der Waals surface area contributed by atoms with Gasteiger partial charge in [-0.2, -0.15) is 5.10 Å². The highest BCUT2D eigenvalue weighted by Crippen LogP contribution is 2.49. The molecule has 2 fully saturated rings. The van der Waals surface area contributed by atoms with Crippen LogP contribution in [-0.2, 0) is 7.05 Å². The zero-order chi connectivity index (χ0) is 19.4. The minimum atomic E-state index is -0.0495. The third-order valence-electron chi connectivity index (χ3n) is 6.78. The van der Waals surface area contributed by atoms with Crippen LogP contribution >= 0.6 is 0 Å². The molecule has 4 unspecified atom stereocenters. The summed E-state index contributed by atoms with van der Waals surface area (Å²) < 4.78 is 7.25. The van der Waals surface area contributed by atoms with E-state index in [0.717, 1.165) is 22.9 Å². The van der Waals surface area contributed by atoms with Gasteiger partial charge in [0.1, 0.15) is 5.69 Å². The molecule has 3 aromatic heterocycles. The monoisotopic (exact) mass is 378 g/mol.